The molecule has 8 heteroatoms. The quantitative estimate of drug-likeness (QED) is 0.731. The van der Waals surface area contributed by atoms with Crippen LogP contribution >= 0.6 is 0 Å². The van der Waals surface area contributed by atoms with Crippen molar-refractivity contribution in [3.05, 3.63) is 48.0 Å². The van der Waals surface area contributed by atoms with Crippen molar-refractivity contribution in [2.24, 2.45) is 0 Å². The van der Waals surface area contributed by atoms with E-state index < -0.39 is 0 Å². The number of likely N-dealkylation sites (tertiary alicyclic amines) is 1. The van der Waals surface area contributed by atoms with Crippen LogP contribution in [0.1, 0.15) is 30.4 Å². The van der Waals surface area contributed by atoms with Crippen LogP contribution in [0.3, 0.4) is 0 Å². The Kier molecular flexibility index (Phi) is 5.01. The molecule has 28 heavy (non-hydrogen) atoms. The Bertz CT molecular complexity index is 965. The maximum absolute atomic E-state index is 12.7. The van der Waals surface area contributed by atoms with Crippen LogP contribution in [0.4, 0.5) is 10.5 Å². The van der Waals surface area contributed by atoms with Gasteiger partial charge in [-0.2, -0.15) is 4.98 Å². The summed E-state index contributed by atoms with van der Waals surface area (Å²) in [6.07, 6.45) is 1.75. The molecule has 3 heterocycles. The van der Waals surface area contributed by atoms with E-state index in [-0.39, 0.29) is 11.9 Å². The Balaban J connectivity index is 1.44. The number of anilines is 1. The van der Waals surface area contributed by atoms with E-state index in [4.69, 9.17) is 13.7 Å². The van der Waals surface area contributed by atoms with Gasteiger partial charge in [0.05, 0.1) is 18.7 Å². The molecule has 1 aliphatic heterocycles. The molecule has 0 aliphatic carbocycles. The molecule has 2 aromatic heterocycles. The average molecular weight is 382 g/mol. The number of piperidine rings is 1. The third-order valence-electron chi connectivity index (χ3n) is 4.81. The van der Waals surface area contributed by atoms with E-state index in [1.54, 1.807) is 12.0 Å². The van der Waals surface area contributed by atoms with Gasteiger partial charge in [0.15, 0.2) is 5.76 Å². The van der Waals surface area contributed by atoms with Gasteiger partial charge in [0.25, 0.3) is 0 Å². The standard InChI is InChI=1S/C20H22N4O4/c1-13-9-10-17(27-13)18-22-19(28-23-18)14-6-5-11-24(12-14)20(25)21-15-7-3-4-8-16(15)26-2/h3-4,7-10,14H,5-6,11-12H2,1-2H3,(H,21,25)/t14-/m0/s1. The third-order valence-corrected chi connectivity index (χ3v) is 4.81. The molecule has 4 rings (SSSR count). The number of amides is 2. The van der Waals surface area contributed by atoms with Crippen LogP contribution in [0.2, 0.25) is 0 Å². The Hall–Kier alpha value is -3.29. The fraction of sp³-hybridized carbons (Fsp3) is 0.350. The first-order chi connectivity index (χ1) is 13.6. The van der Waals surface area contributed by atoms with E-state index in [1.807, 2.05) is 43.3 Å². The smallest absolute Gasteiger partial charge is 0.321 e. The van der Waals surface area contributed by atoms with Gasteiger partial charge < -0.3 is 23.9 Å². The topological polar surface area (TPSA) is 93.6 Å². The van der Waals surface area contributed by atoms with Gasteiger partial charge in [-0.1, -0.05) is 17.3 Å². The summed E-state index contributed by atoms with van der Waals surface area (Å²) in [5.74, 6) is 2.94. The molecule has 1 saturated heterocycles. The third kappa shape index (κ3) is 3.71. The van der Waals surface area contributed by atoms with Crippen molar-refractivity contribution in [1.82, 2.24) is 15.0 Å². The molecule has 1 aromatic carbocycles. The van der Waals surface area contributed by atoms with Crippen LogP contribution in [0.15, 0.2) is 45.3 Å². The Morgan fingerprint density at radius 2 is 2.14 bits per heavy atom. The summed E-state index contributed by atoms with van der Waals surface area (Å²) < 4.78 is 16.3. The molecule has 3 aromatic rings. The van der Waals surface area contributed by atoms with Crippen molar-refractivity contribution in [1.29, 1.82) is 0 Å². The minimum Gasteiger partial charge on any atom is -0.495 e. The van der Waals surface area contributed by atoms with Crippen molar-refractivity contribution in [3.63, 3.8) is 0 Å². The molecule has 1 N–H and O–H groups in total. The lowest BCUT2D eigenvalue weighted by molar-refractivity contribution is 0.184. The summed E-state index contributed by atoms with van der Waals surface area (Å²) in [6, 6.07) is 10.8. The first-order valence-electron chi connectivity index (χ1n) is 9.23. The highest BCUT2D eigenvalue weighted by molar-refractivity contribution is 5.91. The largest absolute Gasteiger partial charge is 0.495 e. The fourth-order valence-electron chi connectivity index (χ4n) is 3.36. The summed E-state index contributed by atoms with van der Waals surface area (Å²) in [5.41, 5.74) is 0.644. The predicted molar refractivity (Wildman–Crippen MR) is 102 cm³/mol. The van der Waals surface area contributed by atoms with E-state index >= 15 is 0 Å². The summed E-state index contributed by atoms with van der Waals surface area (Å²) >= 11 is 0. The summed E-state index contributed by atoms with van der Waals surface area (Å²) in [4.78, 5) is 19.0. The lowest BCUT2D eigenvalue weighted by atomic mass is 9.98. The number of hydrogen-bond donors (Lipinski definition) is 1. The fourth-order valence-corrected chi connectivity index (χ4v) is 3.36. The number of carbonyl (C=O) groups excluding carboxylic acids is 1. The van der Waals surface area contributed by atoms with Gasteiger partial charge in [-0.15, -0.1) is 0 Å². The van der Waals surface area contributed by atoms with E-state index in [0.29, 0.717) is 42.0 Å². The number of aryl methyl sites for hydroxylation is 1. The number of nitrogens with zero attached hydrogens (tertiary/aromatic N) is 3. The van der Waals surface area contributed by atoms with Crippen LogP contribution < -0.4 is 10.1 Å². The van der Waals surface area contributed by atoms with Crippen molar-refractivity contribution >= 4 is 11.7 Å². The van der Waals surface area contributed by atoms with Crippen LogP contribution in [-0.4, -0.2) is 41.3 Å². The summed E-state index contributed by atoms with van der Waals surface area (Å²) in [6.45, 7) is 3.06. The van der Waals surface area contributed by atoms with Crippen LogP contribution in [0.25, 0.3) is 11.6 Å². The second kappa shape index (κ2) is 7.75. The average Bonchev–Trinajstić information content (AvgIpc) is 3.37. The van der Waals surface area contributed by atoms with Gasteiger partial charge in [0.2, 0.25) is 11.7 Å². The normalized spacial score (nSPS) is 16.8. The van der Waals surface area contributed by atoms with E-state index in [1.165, 1.54) is 0 Å². The maximum atomic E-state index is 12.7. The number of ether oxygens (including phenoxy) is 1. The van der Waals surface area contributed by atoms with Crippen LogP contribution in [0, 0.1) is 6.92 Å². The number of para-hydroxylation sites is 2. The van der Waals surface area contributed by atoms with Crippen molar-refractivity contribution in [2.45, 2.75) is 25.7 Å². The minimum atomic E-state index is -0.171. The molecular formula is C20H22N4O4. The number of benzene rings is 1. The highest BCUT2D eigenvalue weighted by atomic mass is 16.5. The van der Waals surface area contributed by atoms with Crippen molar-refractivity contribution in [3.8, 4) is 17.3 Å². The minimum absolute atomic E-state index is 0.00511. The van der Waals surface area contributed by atoms with Gasteiger partial charge in [-0.25, -0.2) is 4.79 Å². The number of carbonyl (C=O) groups is 1. The highest BCUT2D eigenvalue weighted by Gasteiger charge is 2.29. The number of hydrogen-bond acceptors (Lipinski definition) is 6. The Labute approximate surface area is 162 Å². The second-order valence-corrected chi connectivity index (χ2v) is 6.78. The molecule has 1 fully saturated rings. The molecule has 1 aliphatic rings. The zero-order valence-electron chi connectivity index (χ0n) is 15.8. The summed E-state index contributed by atoms with van der Waals surface area (Å²) in [7, 11) is 1.58. The number of rotatable bonds is 4. The number of nitrogens with one attached hydrogen (secondary N) is 1. The van der Waals surface area contributed by atoms with Crippen LogP contribution in [-0.2, 0) is 0 Å². The number of methoxy groups -OCH3 is 1. The second-order valence-electron chi connectivity index (χ2n) is 6.78. The lowest BCUT2D eigenvalue weighted by Crippen LogP contribution is -2.41. The molecule has 0 bridgehead atoms. The number of aromatic nitrogens is 2. The molecule has 0 unspecified atom stereocenters. The monoisotopic (exact) mass is 382 g/mol. The molecule has 8 nitrogen and oxygen atoms in total. The van der Waals surface area contributed by atoms with Gasteiger partial charge in [0.1, 0.15) is 11.5 Å². The molecule has 146 valence electrons. The van der Waals surface area contributed by atoms with E-state index in [2.05, 4.69) is 15.5 Å². The van der Waals surface area contributed by atoms with E-state index in [0.717, 1.165) is 18.6 Å². The lowest BCUT2D eigenvalue weighted by Gasteiger charge is -2.31. The van der Waals surface area contributed by atoms with Gasteiger partial charge in [0, 0.05) is 13.1 Å². The van der Waals surface area contributed by atoms with Gasteiger partial charge in [-0.3, -0.25) is 0 Å². The summed E-state index contributed by atoms with van der Waals surface area (Å²) in [5, 5.41) is 6.94. The number of urea groups is 1. The molecule has 0 spiro atoms. The Morgan fingerprint density at radius 1 is 1.29 bits per heavy atom. The zero-order chi connectivity index (χ0) is 19.5. The zero-order valence-corrected chi connectivity index (χ0v) is 15.8. The predicted octanol–water partition coefficient (Wildman–Crippen LogP) is 4.06. The van der Waals surface area contributed by atoms with Gasteiger partial charge >= 0.3 is 6.03 Å². The first kappa shape index (κ1) is 18.1. The highest BCUT2D eigenvalue weighted by Crippen LogP contribution is 2.29. The molecular weight excluding hydrogens is 360 g/mol. The first-order valence-corrected chi connectivity index (χ1v) is 9.23. The van der Waals surface area contributed by atoms with Gasteiger partial charge in [-0.05, 0) is 44.0 Å². The number of furan rings is 1. The van der Waals surface area contributed by atoms with E-state index in [9.17, 15) is 4.79 Å². The molecule has 1 atom stereocenters. The van der Waals surface area contributed by atoms with Crippen molar-refractivity contribution < 1.29 is 18.5 Å². The molecule has 0 radical (unpaired) electrons. The molecule has 2 amide bonds. The maximum Gasteiger partial charge on any atom is 0.321 e. The van der Waals surface area contributed by atoms with Crippen molar-refractivity contribution in [2.75, 3.05) is 25.5 Å². The SMILES string of the molecule is COc1ccccc1NC(=O)N1CCC[C@H](c2nc(-c3ccc(C)o3)no2)C1. The molecule has 0 saturated carbocycles. The Morgan fingerprint density at radius 3 is 2.93 bits per heavy atom. The van der Waals surface area contributed by atoms with Crippen LogP contribution in [0.5, 0.6) is 5.75 Å².